The van der Waals surface area contributed by atoms with Gasteiger partial charge in [0.1, 0.15) is 5.82 Å². The minimum atomic E-state index is -0.704. The maximum absolute atomic E-state index is 13.8. The number of hydrogen-bond donors (Lipinski definition) is 3. The number of Topliss-reactive ketones (excluding diaryl/α,β-unsaturated/α-hetero) is 1. The van der Waals surface area contributed by atoms with Crippen molar-refractivity contribution in [1.82, 2.24) is 20.2 Å². The molecule has 0 radical (unpaired) electrons. The van der Waals surface area contributed by atoms with E-state index in [1.54, 1.807) is 32.4 Å². The number of rotatable bonds is 10. The summed E-state index contributed by atoms with van der Waals surface area (Å²) in [5, 5.41) is 15.6. The molecule has 1 saturated carbocycles. The Hall–Kier alpha value is -3.39. The number of hydrogen-bond acceptors (Lipinski definition) is 5. The van der Waals surface area contributed by atoms with E-state index in [4.69, 9.17) is 5.41 Å². The average molecular weight is 506 g/mol. The number of halogens is 1. The van der Waals surface area contributed by atoms with Gasteiger partial charge in [-0.3, -0.25) is 14.6 Å². The molecule has 1 aliphatic carbocycles. The molecule has 8 heteroatoms. The van der Waals surface area contributed by atoms with E-state index >= 15 is 0 Å². The number of amides is 1. The van der Waals surface area contributed by atoms with Crippen LogP contribution in [0.5, 0.6) is 0 Å². The van der Waals surface area contributed by atoms with E-state index in [-0.39, 0.29) is 29.1 Å². The monoisotopic (exact) mass is 505 g/mol. The second-order valence-corrected chi connectivity index (χ2v) is 10.00. The van der Waals surface area contributed by atoms with E-state index in [1.807, 2.05) is 29.8 Å². The summed E-state index contributed by atoms with van der Waals surface area (Å²) in [4.78, 5) is 30.9. The van der Waals surface area contributed by atoms with Crippen molar-refractivity contribution in [1.29, 1.82) is 5.41 Å². The Kier molecular flexibility index (Phi) is 8.48. The maximum Gasteiger partial charge on any atom is 0.237 e. The van der Waals surface area contributed by atoms with Crippen LogP contribution in [0.25, 0.3) is 16.6 Å². The zero-order valence-electron chi connectivity index (χ0n) is 21.8. The van der Waals surface area contributed by atoms with Crippen LogP contribution in [0, 0.1) is 17.1 Å². The third kappa shape index (κ3) is 5.80. The Morgan fingerprint density at radius 2 is 1.92 bits per heavy atom. The lowest BCUT2D eigenvalue weighted by Gasteiger charge is -2.32. The predicted molar refractivity (Wildman–Crippen MR) is 144 cm³/mol. The Morgan fingerprint density at radius 3 is 2.62 bits per heavy atom. The molecule has 0 unspecified atom stereocenters. The van der Waals surface area contributed by atoms with Gasteiger partial charge < -0.3 is 20.6 Å². The third-order valence-corrected chi connectivity index (χ3v) is 7.63. The van der Waals surface area contributed by atoms with Crippen LogP contribution in [0.1, 0.15) is 63.9 Å². The number of fused-ring (bicyclic) bond motifs is 1. The van der Waals surface area contributed by atoms with E-state index in [0.29, 0.717) is 6.42 Å². The van der Waals surface area contributed by atoms with Crippen molar-refractivity contribution >= 4 is 28.3 Å². The number of aromatic nitrogens is 2. The number of nitrogens with zero attached hydrogens (tertiary/aromatic N) is 2. The number of carbonyl (C=O) groups excluding carboxylic acids is 2. The van der Waals surface area contributed by atoms with E-state index < -0.39 is 18.0 Å². The Labute approximate surface area is 217 Å². The Morgan fingerprint density at radius 1 is 1.16 bits per heavy atom. The number of benzene rings is 1. The van der Waals surface area contributed by atoms with Crippen LogP contribution in [-0.4, -0.2) is 46.1 Å². The molecule has 0 saturated heterocycles. The van der Waals surface area contributed by atoms with E-state index in [1.165, 1.54) is 12.1 Å². The minimum Gasteiger partial charge on any atom is -0.344 e. The van der Waals surface area contributed by atoms with Crippen LogP contribution in [0.15, 0.2) is 48.9 Å². The molecule has 3 N–H and O–H groups in total. The van der Waals surface area contributed by atoms with Gasteiger partial charge in [-0.05, 0) is 75.0 Å². The molecule has 7 nitrogen and oxygen atoms in total. The molecule has 1 amide bonds. The maximum atomic E-state index is 13.8. The summed E-state index contributed by atoms with van der Waals surface area (Å²) in [7, 11) is 1.71. The van der Waals surface area contributed by atoms with Gasteiger partial charge in [-0.1, -0.05) is 26.2 Å². The molecule has 1 fully saturated rings. The second-order valence-electron chi connectivity index (χ2n) is 10.00. The van der Waals surface area contributed by atoms with Crippen molar-refractivity contribution < 1.29 is 14.0 Å². The van der Waals surface area contributed by atoms with Gasteiger partial charge >= 0.3 is 0 Å². The topological polar surface area (TPSA) is 99.9 Å². The standard InChI is InChI=1S/C29H36FN5O2/c1-4-24(21-15-23(17-33-16-21)35-13-12-20-14-22(30)10-11-25(20)35)26(31)28(36)27(19-8-6-5-7-9-19)34-29(37)18(2)32-3/h10-19,24,27,31-32H,4-9H2,1-3H3,(H,34,37)/t18-,24-,27-/m0/s1. The normalized spacial score (nSPS) is 16.8. The van der Waals surface area contributed by atoms with Crippen molar-refractivity contribution in [2.24, 2.45) is 5.92 Å². The Bertz CT molecular complexity index is 1280. The predicted octanol–water partition coefficient (Wildman–Crippen LogP) is 4.92. The second kappa shape index (κ2) is 11.8. The fraction of sp³-hybridized carbons (Fsp3) is 0.448. The fourth-order valence-corrected chi connectivity index (χ4v) is 5.33. The largest absolute Gasteiger partial charge is 0.344 e. The SMILES string of the molecule is CC[C@H](C(=N)C(=O)[C@@H](NC(=O)[C@H](C)NC)C1CCCCC1)c1cncc(-n2ccc3cc(F)ccc32)c1. The minimum absolute atomic E-state index is 0.00568. The van der Waals surface area contributed by atoms with E-state index in [2.05, 4.69) is 15.6 Å². The first-order valence-electron chi connectivity index (χ1n) is 13.2. The first kappa shape index (κ1) is 26.7. The van der Waals surface area contributed by atoms with Gasteiger partial charge in [0.2, 0.25) is 5.91 Å². The fourth-order valence-electron chi connectivity index (χ4n) is 5.33. The van der Waals surface area contributed by atoms with Crippen molar-refractivity contribution in [3.05, 3.63) is 60.3 Å². The van der Waals surface area contributed by atoms with Crippen molar-refractivity contribution in [2.75, 3.05) is 7.05 Å². The molecule has 37 heavy (non-hydrogen) atoms. The van der Waals surface area contributed by atoms with Crippen molar-refractivity contribution in [3.63, 3.8) is 0 Å². The van der Waals surface area contributed by atoms with Gasteiger partial charge in [-0.2, -0.15) is 0 Å². The lowest BCUT2D eigenvalue weighted by molar-refractivity contribution is -0.127. The molecule has 3 atom stereocenters. The van der Waals surface area contributed by atoms with Gasteiger partial charge in [0.15, 0.2) is 5.78 Å². The summed E-state index contributed by atoms with van der Waals surface area (Å²) in [6.07, 6.45) is 10.7. The van der Waals surface area contributed by atoms with Crippen LogP contribution < -0.4 is 10.6 Å². The summed E-state index contributed by atoms with van der Waals surface area (Å²) < 4.78 is 15.6. The summed E-state index contributed by atoms with van der Waals surface area (Å²) in [5.41, 5.74) is 2.38. The summed E-state index contributed by atoms with van der Waals surface area (Å²) in [5.74, 6) is -1.26. The molecule has 196 valence electrons. The number of nitrogens with one attached hydrogen (secondary N) is 3. The molecule has 0 bridgehead atoms. The van der Waals surface area contributed by atoms with Crippen LogP contribution in [0.2, 0.25) is 0 Å². The lowest BCUT2D eigenvalue weighted by atomic mass is 9.78. The number of carbonyl (C=O) groups is 2. The van der Waals surface area contributed by atoms with Crippen LogP contribution in [0.3, 0.4) is 0 Å². The number of likely N-dealkylation sites (N-methyl/N-ethyl adjacent to an activating group) is 1. The summed E-state index contributed by atoms with van der Waals surface area (Å²) in [6, 6.07) is 7.28. The average Bonchev–Trinajstić information content (AvgIpc) is 3.34. The van der Waals surface area contributed by atoms with Crippen LogP contribution in [0.4, 0.5) is 4.39 Å². The first-order chi connectivity index (χ1) is 17.8. The highest BCUT2D eigenvalue weighted by Gasteiger charge is 2.36. The van der Waals surface area contributed by atoms with Gasteiger partial charge in [0.25, 0.3) is 0 Å². The zero-order valence-corrected chi connectivity index (χ0v) is 21.8. The highest BCUT2D eigenvalue weighted by atomic mass is 19.1. The molecule has 4 rings (SSSR count). The quantitative estimate of drug-likeness (QED) is 0.341. The molecule has 0 spiro atoms. The molecule has 1 aromatic carbocycles. The van der Waals surface area contributed by atoms with Gasteiger partial charge in [0, 0.05) is 23.7 Å². The van der Waals surface area contributed by atoms with Crippen molar-refractivity contribution in [2.45, 2.75) is 70.4 Å². The molecular weight excluding hydrogens is 469 g/mol. The van der Waals surface area contributed by atoms with Gasteiger partial charge in [0.05, 0.1) is 35.2 Å². The molecule has 2 aromatic heterocycles. The van der Waals surface area contributed by atoms with E-state index in [9.17, 15) is 14.0 Å². The molecule has 1 aliphatic rings. The molecule has 3 aromatic rings. The zero-order chi connectivity index (χ0) is 26.5. The molecular formula is C29H36FN5O2. The van der Waals surface area contributed by atoms with Gasteiger partial charge in [-0.25, -0.2) is 4.39 Å². The summed E-state index contributed by atoms with van der Waals surface area (Å²) >= 11 is 0. The molecule has 2 heterocycles. The van der Waals surface area contributed by atoms with Crippen LogP contribution in [-0.2, 0) is 9.59 Å². The Balaban J connectivity index is 1.62. The van der Waals surface area contributed by atoms with E-state index in [0.717, 1.165) is 54.3 Å². The molecule has 0 aliphatic heterocycles. The number of pyridine rings is 1. The lowest BCUT2D eigenvalue weighted by Crippen LogP contribution is -2.53. The third-order valence-electron chi connectivity index (χ3n) is 7.63. The highest BCUT2D eigenvalue weighted by molar-refractivity contribution is 6.42. The van der Waals surface area contributed by atoms with Gasteiger partial charge in [-0.15, -0.1) is 0 Å². The highest BCUT2D eigenvalue weighted by Crippen LogP contribution is 2.30. The first-order valence-corrected chi connectivity index (χ1v) is 13.2. The van der Waals surface area contributed by atoms with Crippen LogP contribution >= 0.6 is 0 Å². The smallest absolute Gasteiger partial charge is 0.237 e. The van der Waals surface area contributed by atoms with Crippen molar-refractivity contribution in [3.8, 4) is 5.69 Å². The summed E-state index contributed by atoms with van der Waals surface area (Å²) in [6.45, 7) is 3.71. The number of ketones is 1.